The molecule has 0 bridgehead atoms. The minimum absolute atomic E-state index is 0.312. The minimum atomic E-state index is -0.911. The average Bonchev–Trinajstić information content (AvgIpc) is 3.33. The van der Waals surface area contributed by atoms with Gasteiger partial charge in [-0.2, -0.15) is 0 Å². The van der Waals surface area contributed by atoms with E-state index in [-0.39, 0.29) is 6.04 Å². The van der Waals surface area contributed by atoms with Crippen molar-refractivity contribution in [2.24, 2.45) is 5.41 Å². The predicted octanol–water partition coefficient (Wildman–Crippen LogP) is 4.86. The summed E-state index contributed by atoms with van der Waals surface area (Å²) in [6.45, 7) is 9.38. The Morgan fingerprint density at radius 3 is 2.64 bits per heavy atom. The number of aromatic nitrogens is 1. The van der Waals surface area contributed by atoms with Crippen molar-refractivity contribution in [2.45, 2.75) is 58.5 Å². The van der Waals surface area contributed by atoms with Gasteiger partial charge in [0.25, 0.3) is 0 Å². The van der Waals surface area contributed by atoms with Crippen LogP contribution in [0.25, 0.3) is 11.3 Å². The molecular formula is C35H43N3O6. The van der Waals surface area contributed by atoms with E-state index >= 15 is 0 Å². The van der Waals surface area contributed by atoms with Crippen molar-refractivity contribution in [3.63, 3.8) is 0 Å². The Morgan fingerprint density at radius 1 is 1.09 bits per heavy atom. The summed E-state index contributed by atoms with van der Waals surface area (Å²) >= 11 is 0. The van der Waals surface area contributed by atoms with E-state index in [2.05, 4.69) is 34.9 Å². The van der Waals surface area contributed by atoms with Gasteiger partial charge in [0.2, 0.25) is 0 Å². The molecule has 2 saturated heterocycles. The number of carbonyl (C=O) groups is 1. The van der Waals surface area contributed by atoms with Crippen molar-refractivity contribution in [1.29, 1.82) is 0 Å². The number of aliphatic carboxylic acids is 1. The Bertz CT molecular complexity index is 1510. The molecular weight excluding hydrogens is 558 g/mol. The highest BCUT2D eigenvalue weighted by Crippen LogP contribution is 2.41. The molecule has 2 atom stereocenters. The number of benzene rings is 2. The quantitative estimate of drug-likeness (QED) is 0.331. The third-order valence-electron chi connectivity index (χ3n) is 9.66. The first kappa shape index (κ1) is 30.5. The molecule has 3 aliphatic heterocycles. The molecule has 0 spiro atoms. The molecule has 0 unspecified atom stereocenters. The van der Waals surface area contributed by atoms with Crippen molar-refractivity contribution >= 4 is 11.8 Å². The van der Waals surface area contributed by atoms with Gasteiger partial charge in [0, 0.05) is 39.4 Å². The summed E-state index contributed by atoms with van der Waals surface area (Å²) in [5.41, 5.74) is 6.90. The summed E-state index contributed by atoms with van der Waals surface area (Å²) in [5, 5.41) is 10.0. The van der Waals surface area contributed by atoms with Gasteiger partial charge < -0.3 is 29.0 Å². The molecule has 3 aromatic rings. The van der Waals surface area contributed by atoms with Crippen LogP contribution in [-0.4, -0.2) is 80.2 Å². The fourth-order valence-corrected chi connectivity index (χ4v) is 6.86. The van der Waals surface area contributed by atoms with Gasteiger partial charge in [0.05, 0.1) is 49.6 Å². The van der Waals surface area contributed by atoms with Crippen LogP contribution in [0.4, 0.5) is 5.82 Å². The summed E-state index contributed by atoms with van der Waals surface area (Å²) in [5.74, 6) is 0.724. The van der Waals surface area contributed by atoms with Crippen molar-refractivity contribution in [1.82, 2.24) is 9.88 Å². The molecule has 2 fully saturated rings. The van der Waals surface area contributed by atoms with Crippen LogP contribution in [0.5, 0.6) is 5.75 Å². The second-order valence-corrected chi connectivity index (χ2v) is 12.5. The van der Waals surface area contributed by atoms with Crippen LogP contribution in [0, 0.1) is 12.3 Å². The van der Waals surface area contributed by atoms with Gasteiger partial charge in [0.15, 0.2) is 0 Å². The first-order valence-corrected chi connectivity index (χ1v) is 15.5. The molecule has 9 nitrogen and oxygen atoms in total. The molecule has 3 aliphatic rings. The molecule has 44 heavy (non-hydrogen) atoms. The molecule has 1 aromatic heterocycles. The topological polar surface area (TPSA) is 93.6 Å². The van der Waals surface area contributed by atoms with Crippen LogP contribution in [0.2, 0.25) is 0 Å². The lowest BCUT2D eigenvalue weighted by molar-refractivity contribution is -0.148. The van der Waals surface area contributed by atoms with Crippen LogP contribution in [-0.2, 0) is 45.2 Å². The van der Waals surface area contributed by atoms with E-state index in [9.17, 15) is 9.90 Å². The van der Waals surface area contributed by atoms with E-state index in [1.165, 1.54) is 16.7 Å². The molecule has 0 saturated carbocycles. The molecule has 9 heteroatoms. The van der Waals surface area contributed by atoms with E-state index in [1.807, 2.05) is 30.3 Å². The summed E-state index contributed by atoms with van der Waals surface area (Å²) in [6, 6.07) is 16.7. The number of hydrogen-bond donors (Lipinski definition) is 1. The zero-order chi connectivity index (χ0) is 30.8. The summed E-state index contributed by atoms with van der Waals surface area (Å²) in [4.78, 5) is 21.8. The Balaban J connectivity index is 1.25. The Morgan fingerprint density at radius 2 is 1.91 bits per heavy atom. The van der Waals surface area contributed by atoms with Gasteiger partial charge in [-0.05, 0) is 78.8 Å². The average molecular weight is 602 g/mol. The number of hydrogen-bond acceptors (Lipinski definition) is 8. The van der Waals surface area contributed by atoms with Gasteiger partial charge in [0.1, 0.15) is 18.2 Å². The highest BCUT2D eigenvalue weighted by atomic mass is 16.5. The molecule has 0 radical (unpaired) electrons. The lowest BCUT2D eigenvalue weighted by atomic mass is 9.83. The van der Waals surface area contributed by atoms with E-state index in [1.54, 1.807) is 21.1 Å². The largest absolute Gasteiger partial charge is 0.488 e. The van der Waals surface area contributed by atoms with Gasteiger partial charge in [-0.3, -0.25) is 9.69 Å². The fourth-order valence-electron chi connectivity index (χ4n) is 6.86. The Kier molecular flexibility index (Phi) is 8.91. The zero-order valence-corrected chi connectivity index (χ0v) is 26.2. The standard InChI is InChI=1S/C35H43N3O6/c1-23-7-5-8-28(30-9-6-10-32(36-30)38-14-12-35(2,34(39)40)31(38)22-42-4)33(23)44-18-24-15-25-11-13-37(27-20-43-21-27)17-29(25)26(16-24)19-41-3/h5-10,15-16,27,31H,11-14,17-22H2,1-4H3,(H,39,40)/t31-,35-/m1/s1. The predicted molar refractivity (Wildman–Crippen MR) is 168 cm³/mol. The maximum atomic E-state index is 12.2. The lowest BCUT2D eigenvalue weighted by Gasteiger charge is -2.40. The molecule has 0 amide bonds. The van der Waals surface area contributed by atoms with Crippen molar-refractivity contribution in [3.8, 4) is 17.0 Å². The van der Waals surface area contributed by atoms with Crippen molar-refractivity contribution in [2.75, 3.05) is 52.0 Å². The molecule has 234 valence electrons. The third kappa shape index (κ3) is 5.81. The van der Waals surface area contributed by atoms with Crippen molar-refractivity contribution < 1.29 is 28.8 Å². The van der Waals surface area contributed by atoms with Crippen molar-refractivity contribution in [3.05, 3.63) is 76.3 Å². The molecule has 1 N–H and O–H groups in total. The Labute approximate surface area is 259 Å². The van der Waals surface area contributed by atoms with Crippen LogP contribution in [0.15, 0.2) is 48.5 Å². The highest BCUT2D eigenvalue weighted by molar-refractivity contribution is 5.77. The highest BCUT2D eigenvalue weighted by Gasteiger charge is 2.50. The number of pyridine rings is 1. The molecule has 4 heterocycles. The van der Waals surface area contributed by atoms with Gasteiger partial charge >= 0.3 is 5.97 Å². The number of rotatable bonds is 11. The van der Waals surface area contributed by atoms with Gasteiger partial charge in [-0.15, -0.1) is 0 Å². The zero-order valence-electron chi connectivity index (χ0n) is 26.2. The third-order valence-corrected chi connectivity index (χ3v) is 9.66. The summed E-state index contributed by atoms with van der Waals surface area (Å²) in [6.07, 6.45) is 1.53. The van der Waals surface area contributed by atoms with E-state index in [4.69, 9.17) is 23.9 Å². The lowest BCUT2D eigenvalue weighted by Crippen LogP contribution is -2.50. The number of nitrogens with zero attached hydrogens (tertiary/aromatic N) is 3. The van der Waals surface area contributed by atoms with Crippen LogP contribution in [0.3, 0.4) is 0 Å². The number of ether oxygens (including phenoxy) is 4. The minimum Gasteiger partial charge on any atom is -0.488 e. The van der Waals surface area contributed by atoms with Gasteiger partial charge in [-0.1, -0.05) is 24.3 Å². The number of fused-ring (bicyclic) bond motifs is 1. The number of para-hydroxylation sites is 1. The van der Waals surface area contributed by atoms with E-state index in [0.29, 0.717) is 38.8 Å². The first-order chi connectivity index (χ1) is 21.3. The van der Waals surface area contributed by atoms with Crippen LogP contribution < -0.4 is 9.64 Å². The monoisotopic (exact) mass is 601 g/mol. The number of carboxylic acids is 1. The second-order valence-electron chi connectivity index (χ2n) is 12.5. The molecule has 6 rings (SSSR count). The first-order valence-electron chi connectivity index (χ1n) is 15.5. The number of anilines is 1. The molecule has 0 aliphatic carbocycles. The van der Waals surface area contributed by atoms with E-state index in [0.717, 1.165) is 66.7 Å². The number of carboxylic acid groups (broad SMARTS) is 1. The van der Waals surface area contributed by atoms with Gasteiger partial charge in [-0.25, -0.2) is 4.98 Å². The van der Waals surface area contributed by atoms with E-state index < -0.39 is 11.4 Å². The SMILES string of the molecule is COCc1cc(COc2c(C)cccc2-c2cccc(N3CC[C@@](C)(C(=O)O)[C@H]3COC)n2)cc2c1CN(C1COC1)CC2. The number of methoxy groups -OCH3 is 2. The summed E-state index contributed by atoms with van der Waals surface area (Å²) in [7, 11) is 3.36. The fraction of sp³-hybridized carbons (Fsp3) is 0.486. The number of aryl methyl sites for hydroxylation is 1. The van der Waals surface area contributed by atoms with Crippen LogP contribution >= 0.6 is 0 Å². The maximum Gasteiger partial charge on any atom is 0.311 e. The normalized spacial score (nSPS) is 22.1. The second kappa shape index (κ2) is 12.9. The Hall–Kier alpha value is -3.50. The van der Waals surface area contributed by atoms with Crippen LogP contribution in [0.1, 0.15) is 41.2 Å². The summed E-state index contributed by atoms with van der Waals surface area (Å²) < 4.78 is 23.1. The maximum absolute atomic E-state index is 12.2. The smallest absolute Gasteiger partial charge is 0.311 e. The molecule has 2 aromatic carbocycles.